The second-order valence-corrected chi connectivity index (χ2v) is 20.4. The van der Waals surface area contributed by atoms with Crippen LogP contribution < -0.4 is 27.6 Å². The number of azo groups is 1. The predicted octanol–water partition coefficient (Wildman–Crippen LogP) is 6.44. The Morgan fingerprint density at radius 2 is 1.01 bits per heavy atom. The number of nitrogens with two attached hydrogens (primary N) is 2. The molecule has 27 heteroatoms. The first-order valence-electron chi connectivity index (χ1n) is 19.2. The first-order chi connectivity index (χ1) is 32.3. The van der Waals surface area contributed by atoms with Gasteiger partial charge in [0.2, 0.25) is 11.6 Å². The molecule has 6 aromatic carbocycles. The number of carbonyl (C=O) groups is 2. The minimum atomic E-state index is -5.01. The maximum Gasteiger partial charge on any atom is 0.296 e. The maximum absolute atomic E-state index is 13.4. The summed E-state index contributed by atoms with van der Waals surface area (Å²) in [5.41, 5.74) is 16.4. The van der Waals surface area contributed by atoms with Crippen molar-refractivity contribution in [2.24, 2.45) is 20.4 Å². The van der Waals surface area contributed by atoms with Crippen LogP contribution in [-0.4, -0.2) is 74.9 Å². The van der Waals surface area contributed by atoms with Gasteiger partial charge in [-0.15, -0.1) is 5.11 Å². The van der Waals surface area contributed by atoms with Gasteiger partial charge in [-0.25, -0.2) is 0 Å². The normalized spacial score (nSPS) is 15.5. The molecule has 0 saturated carbocycles. The molecule has 6 aromatic rings. The van der Waals surface area contributed by atoms with Crippen LogP contribution in [0.5, 0.6) is 0 Å². The van der Waals surface area contributed by atoms with Crippen LogP contribution in [0.1, 0.15) is 31.8 Å². The van der Waals surface area contributed by atoms with Crippen molar-refractivity contribution in [2.45, 2.75) is 9.79 Å². The number of hydrogen-bond acceptors (Lipinski definition) is 19. The lowest BCUT2D eigenvalue weighted by Crippen LogP contribution is -2.27. The van der Waals surface area contributed by atoms with E-state index < -0.39 is 83.1 Å². The molecule has 0 saturated heterocycles. The molecule has 2 aliphatic carbocycles. The van der Waals surface area contributed by atoms with Crippen LogP contribution in [-0.2, 0) is 40.5 Å². The van der Waals surface area contributed by atoms with Gasteiger partial charge in [0, 0.05) is 39.0 Å². The van der Waals surface area contributed by atoms with Crippen LogP contribution in [0, 0.1) is 0 Å². The van der Waals surface area contributed by atoms with Gasteiger partial charge in [-0.1, -0.05) is 6.07 Å². The van der Waals surface area contributed by atoms with Gasteiger partial charge in [-0.2, -0.15) is 49.0 Å². The molecular formula is C42H31N9O14S4. The molecule has 0 aromatic heterocycles. The number of rotatable bonds is 12. The Hall–Kier alpha value is -8.02. The molecule has 0 radical (unpaired) electrons. The molecule has 8 rings (SSSR count). The minimum Gasteiger partial charge on any atom is -0.399 e. The molecule has 0 atom stereocenters. The Kier molecular flexibility index (Phi) is 12.1. The van der Waals surface area contributed by atoms with Gasteiger partial charge in [0.25, 0.3) is 40.5 Å². The number of nitrogens with one attached hydrogen (secondary N) is 3. The zero-order chi connectivity index (χ0) is 49.8. The summed E-state index contributed by atoms with van der Waals surface area (Å²) in [5, 5.41) is 19.1. The number of hydrogen-bond donors (Lipinski definition) is 9. The van der Waals surface area contributed by atoms with E-state index in [-0.39, 0.29) is 78.5 Å². The molecule has 0 bridgehead atoms. The molecule has 23 nitrogen and oxygen atoms in total. The van der Waals surface area contributed by atoms with Crippen LogP contribution in [0.25, 0.3) is 22.9 Å². The highest BCUT2D eigenvalue weighted by Crippen LogP contribution is 2.37. The number of nitrogen functional groups attached to an aromatic ring is 2. The Labute approximate surface area is 390 Å². The van der Waals surface area contributed by atoms with Crippen molar-refractivity contribution in [3.8, 4) is 0 Å². The van der Waals surface area contributed by atoms with E-state index in [1.165, 1.54) is 91.0 Å². The lowest BCUT2D eigenvalue weighted by molar-refractivity contribution is 0.105. The second kappa shape index (κ2) is 17.6. The number of anilines is 6. The second-order valence-electron chi connectivity index (χ2n) is 14.8. The highest BCUT2D eigenvalue weighted by Gasteiger charge is 2.34. The summed E-state index contributed by atoms with van der Waals surface area (Å²) in [6, 6.07) is 23.4. The van der Waals surface area contributed by atoms with E-state index in [9.17, 15) is 61.5 Å². The Bertz CT molecular complexity index is 3870. The van der Waals surface area contributed by atoms with Crippen LogP contribution in [0.2, 0.25) is 0 Å². The summed E-state index contributed by atoms with van der Waals surface area (Å²) in [6.07, 6.45) is 2.07. The smallest absolute Gasteiger partial charge is 0.296 e. The largest absolute Gasteiger partial charge is 0.399 e. The van der Waals surface area contributed by atoms with Gasteiger partial charge in [0.05, 0.1) is 33.3 Å². The van der Waals surface area contributed by atoms with Gasteiger partial charge in [0.15, 0.2) is 11.4 Å². The highest BCUT2D eigenvalue weighted by atomic mass is 32.2. The first-order valence-corrected chi connectivity index (χ1v) is 25.0. The molecule has 0 unspecified atom stereocenters. The van der Waals surface area contributed by atoms with Crippen molar-refractivity contribution >= 4 is 132 Å². The third-order valence-corrected chi connectivity index (χ3v) is 13.7. The first kappa shape index (κ1) is 47.5. The van der Waals surface area contributed by atoms with Gasteiger partial charge in [-0.05, 0) is 126 Å². The van der Waals surface area contributed by atoms with Crippen molar-refractivity contribution in [3.63, 3.8) is 0 Å². The molecule has 0 spiro atoms. The maximum atomic E-state index is 13.4. The number of benzene rings is 6. The molecule has 0 fully saturated rings. The molecule has 0 aliphatic heterocycles. The molecule has 11 N–H and O–H groups in total. The number of nitrogens with zero attached hydrogens (tertiary/aromatic N) is 4. The topological polar surface area (TPSA) is 389 Å². The van der Waals surface area contributed by atoms with Crippen molar-refractivity contribution in [1.82, 2.24) is 0 Å². The van der Waals surface area contributed by atoms with E-state index in [1.54, 1.807) is 0 Å². The number of fused-ring (bicyclic) bond motifs is 3. The summed E-state index contributed by atoms with van der Waals surface area (Å²) in [4.78, 5) is 23.7. The van der Waals surface area contributed by atoms with Crippen LogP contribution >= 0.6 is 0 Å². The summed E-state index contributed by atoms with van der Waals surface area (Å²) in [7, 11) is -19.7. The van der Waals surface area contributed by atoms with E-state index in [0.717, 1.165) is 30.4 Å². The summed E-state index contributed by atoms with van der Waals surface area (Å²) < 4.78 is 138. The minimum absolute atomic E-state index is 0.00495. The standard InChI is InChI=1S/C42H31N9O14S4/c43-23-1-9-29-21(15-23)17-37(68(60,61)62)39(41(29)52)50-46-26-5-3-25(4-6-26)45-35-12-7-27(19-36(35)67(57,58)59)47-48-34-14-13-33(31-11-8-28(20-32(31)34)66(54,55)56)49-51-40-38(69(63,64)65)18-22-16-24(44)2-10-30(22)42(40)53/h1-20,45-46,49H,43-44H2,(H,54,55,56)(H,57,58,59)(H,60,61,62)(H,63,64,65)/b48-47?,50-39-,51-40-. The van der Waals surface area contributed by atoms with Gasteiger partial charge in [0.1, 0.15) is 14.7 Å². The quantitative estimate of drug-likeness (QED) is 0.0275. The van der Waals surface area contributed by atoms with Crippen LogP contribution in [0.15, 0.2) is 149 Å². The van der Waals surface area contributed by atoms with E-state index in [0.29, 0.717) is 0 Å². The third-order valence-electron chi connectivity index (χ3n) is 10.2. The molecular weight excluding hydrogens is 983 g/mol. The fraction of sp³-hybridized carbons (Fsp3) is 0. The number of allylic oxidation sites excluding steroid dienone is 2. The van der Waals surface area contributed by atoms with E-state index >= 15 is 0 Å². The molecule has 352 valence electrons. The Morgan fingerprint density at radius 3 is 1.55 bits per heavy atom. The number of hydrazone groups is 2. The SMILES string of the molecule is Nc1ccc2c(c1)C=C(S(=O)(=O)O)/C(=N/Nc1ccc(Nc3ccc(N=Nc4ccc(N/N=C5\C(=O)c6ccc(N)cc6C=C5S(=O)(=O)O)c5ccc(S(=O)(=O)O)cc45)cc3S(=O)(=O)O)cc1)C2=O. The monoisotopic (exact) mass is 1010 g/mol. The lowest BCUT2D eigenvalue weighted by Gasteiger charge is -2.17. The fourth-order valence-electron chi connectivity index (χ4n) is 7.00. The zero-order valence-electron chi connectivity index (χ0n) is 34.5. The third kappa shape index (κ3) is 10.0. The summed E-state index contributed by atoms with van der Waals surface area (Å²) >= 11 is 0. The van der Waals surface area contributed by atoms with E-state index in [2.05, 4.69) is 36.6 Å². The molecule has 69 heavy (non-hydrogen) atoms. The van der Waals surface area contributed by atoms with Crippen molar-refractivity contribution in [2.75, 3.05) is 27.6 Å². The number of carbonyl (C=O) groups excluding carboxylic acids is 2. The molecule has 2 aliphatic rings. The predicted molar refractivity (Wildman–Crippen MR) is 255 cm³/mol. The highest BCUT2D eigenvalue weighted by molar-refractivity contribution is 7.91. The van der Waals surface area contributed by atoms with Crippen LogP contribution in [0.4, 0.5) is 45.5 Å². The van der Waals surface area contributed by atoms with Gasteiger partial charge in [-0.3, -0.25) is 38.7 Å². The number of ketones is 2. The average molecular weight is 1010 g/mol. The van der Waals surface area contributed by atoms with Gasteiger partial charge >= 0.3 is 0 Å². The zero-order valence-corrected chi connectivity index (χ0v) is 37.8. The fourth-order valence-corrected chi connectivity index (χ4v) is 9.49. The Morgan fingerprint density at radius 1 is 0.478 bits per heavy atom. The number of Topliss-reactive ketones (excluding diaryl/α,β-unsaturated/α-hetero) is 2. The lowest BCUT2D eigenvalue weighted by atomic mass is 9.94. The van der Waals surface area contributed by atoms with Crippen molar-refractivity contribution in [1.29, 1.82) is 0 Å². The van der Waals surface area contributed by atoms with Crippen molar-refractivity contribution in [3.05, 3.63) is 141 Å². The van der Waals surface area contributed by atoms with Crippen molar-refractivity contribution < 1.29 is 61.5 Å². The molecule has 0 amide bonds. The summed E-state index contributed by atoms with van der Waals surface area (Å²) in [5.74, 6) is -1.69. The van der Waals surface area contributed by atoms with E-state index in [1.807, 2.05) is 0 Å². The van der Waals surface area contributed by atoms with E-state index in [4.69, 9.17) is 11.5 Å². The van der Waals surface area contributed by atoms with Crippen LogP contribution in [0.3, 0.4) is 0 Å². The summed E-state index contributed by atoms with van der Waals surface area (Å²) in [6.45, 7) is 0. The van der Waals surface area contributed by atoms with Gasteiger partial charge < -0.3 is 16.8 Å². The average Bonchev–Trinajstić information content (AvgIpc) is 3.27. The molecule has 0 heterocycles. The Balaban J connectivity index is 1.06.